The zero-order valence-corrected chi connectivity index (χ0v) is 10.3. The lowest BCUT2D eigenvalue weighted by molar-refractivity contribution is -0.131. The van der Waals surface area contributed by atoms with Crippen LogP contribution < -0.4 is 0 Å². The van der Waals surface area contributed by atoms with Crippen molar-refractivity contribution in [1.29, 1.82) is 0 Å². The monoisotopic (exact) mass is 234 g/mol. The standard InChI is InChI=1S/C13H18N2O2/c1-11(9-13(16)17)10-15(2)8-5-12-3-6-14-7-4-12/h3-4,6-7,9H,5,8,10H2,1-2H3,(H,16,17). The minimum Gasteiger partial charge on any atom is -0.478 e. The zero-order chi connectivity index (χ0) is 12.7. The van der Waals surface area contributed by atoms with Gasteiger partial charge in [-0.25, -0.2) is 4.79 Å². The first-order chi connectivity index (χ1) is 8.08. The molecule has 0 radical (unpaired) electrons. The van der Waals surface area contributed by atoms with Crippen molar-refractivity contribution in [2.45, 2.75) is 13.3 Å². The van der Waals surface area contributed by atoms with Crippen LogP contribution in [0, 0.1) is 0 Å². The van der Waals surface area contributed by atoms with Crippen LogP contribution in [0.3, 0.4) is 0 Å². The highest BCUT2D eigenvalue weighted by molar-refractivity contribution is 5.80. The Morgan fingerprint density at radius 1 is 1.47 bits per heavy atom. The summed E-state index contributed by atoms with van der Waals surface area (Å²) < 4.78 is 0. The molecule has 92 valence electrons. The minimum absolute atomic E-state index is 0.678. The Hall–Kier alpha value is -1.68. The van der Waals surface area contributed by atoms with Gasteiger partial charge in [0.15, 0.2) is 0 Å². The number of aromatic nitrogens is 1. The minimum atomic E-state index is -0.884. The van der Waals surface area contributed by atoms with Gasteiger partial charge in [-0.15, -0.1) is 0 Å². The summed E-state index contributed by atoms with van der Waals surface area (Å²) in [6.45, 7) is 3.41. The summed E-state index contributed by atoms with van der Waals surface area (Å²) in [5.74, 6) is -0.884. The molecular formula is C13H18N2O2. The Bertz CT molecular complexity index is 388. The fourth-order valence-corrected chi connectivity index (χ4v) is 1.63. The molecule has 0 aliphatic carbocycles. The van der Waals surface area contributed by atoms with Crippen LogP contribution in [-0.4, -0.2) is 41.1 Å². The van der Waals surface area contributed by atoms with E-state index >= 15 is 0 Å². The molecule has 17 heavy (non-hydrogen) atoms. The van der Waals surface area contributed by atoms with Gasteiger partial charge in [0, 0.05) is 31.6 Å². The van der Waals surface area contributed by atoms with Crippen molar-refractivity contribution in [1.82, 2.24) is 9.88 Å². The molecule has 0 unspecified atom stereocenters. The fraction of sp³-hybridized carbons (Fsp3) is 0.385. The van der Waals surface area contributed by atoms with Crippen molar-refractivity contribution in [2.24, 2.45) is 0 Å². The molecule has 4 nitrogen and oxygen atoms in total. The first-order valence-electron chi connectivity index (χ1n) is 5.55. The van der Waals surface area contributed by atoms with Gasteiger partial charge >= 0.3 is 5.97 Å². The zero-order valence-electron chi connectivity index (χ0n) is 10.3. The maximum Gasteiger partial charge on any atom is 0.328 e. The van der Waals surface area contributed by atoms with E-state index in [1.165, 1.54) is 11.6 Å². The van der Waals surface area contributed by atoms with Gasteiger partial charge < -0.3 is 10.0 Å². The van der Waals surface area contributed by atoms with Gasteiger partial charge in [-0.2, -0.15) is 0 Å². The summed E-state index contributed by atoms with van der Waals surface area (Å²) >= 11 is 0. The predicted molar refractivity (Wildman–Crippen MR) is 66.8 cm³/mol. The molecule has 0 amide bonds. The summed E-state index contributed by atoms with van der Waals surface area (Å²) in [6.07, 6.45) is 5.76. The van der Waals surface area contributed by atoms with Gasteiger partial charge in [0.05, 0.1) is 0 Å². The van der Waals surface area contributed by atoms with Crippen molar-refractivity contribution < 1.29 is 9.90 Å². The van der Waals surface area contributed by atoms with Crippen LogP contribution in [0.15, 0.2) is 36.2 Å². The van der Waals surface area contributed by atoms with E-state index in [0.29, 0.717) is 6.54 Å². The Labute approximate surface area is 102 Å². The Morgan fingerprint density at radius 2 is 2.12 bits per heavy atom. The smallest absolute Gasteiger partial charge is 0.328 e. The number of likely N-dealkylation sites (N-methyl/N-ethyl adjacent to an activating group) is 1. The van der Waals surface area contributed by atoms with E-state index in [9.17, 15) is 4.79 Å². The molecule has 0 atom stereocenters. The van der Waals surface area contributed by atoms with Crippen LogP contribution in [0.5, 0.6) is 0 Å². The van der Waals surface area contributed by atoms with E-state index < -0.39 is 5.97 Å². The average molecular weight is 234 g/mol. The van der Waals surface area contributed by atoms with E-state index in [2.05, 4.69) is 9.88 Å². The second kappa shape index (κ2) is 6.81. The molecule has 1 N–H and O–H groups in total. The van der Waals surface area contributed by atoms with Crippen LogP contribution in [-0.2, 0) is 11.2 Å². The molecule has 0 aromatic carbocycles. The number of aliphatic carboxylic acids is 1. The molecule has 0 bridgehead atoms. The number of carbonyl (C=O) groups is 1. The largest absolute Gasteiger partial charge is 0.478 e. The number of rotatable bonds is 6. The summed E-state index contributed by atoms with van der Waals surface area (Å²) in [5, 5.41) is 8.60. The lowest BCUT2D eigenvalue weighted by Gasteiger charge is -2.16. The molecular weight excluding hydrogens is 216 g/mol. The Kier molecular flexibility index (Phi) is 5.36. The second-order valence-corrected chi connectivity index (χ2v) is 4.17. The first kappa shape index (κ1) is 13.4. The topological polar surface area (TPSA) is 53.4 Å². The van der Waals surface area contributed by atoms with Gasteiger partial charge in [-0.05, 0) is 38.1 Å². The molecule has 0 saturated heterocycles. The third-order valence-electron chi connectivity index (χ3n) is 2.42. The third kappa shape index (κ3) is 5.82. The summed E-state index contributed by atoms with van der Waals surface area (Å²) in [4.78, 5) is 16.5. The van der Waals surface area contributed by atoms with Crippen molar-refractivity contribution in [2.75, 3.05) is 20.1 Å². The van der Waals surface area contributed by atoms with Gasteiger partial charge in [0.1, 0.15) is 0 Å². The molecule has 0 aliphatic heterocycles. The van der Waals surface area contributed by atoms with E-state index in [0.717, 1.165) is 18.5 Å². The van der Waals surface area contributed by atoms with Crippen molar-refractivity contribution >= 4 is 5.97 Å². The highest BCUT2D eigenvalue weighted by atomic mass is 16.4. The Morgan fingerprint density at radius 3 is 2.71 bits per heavy atom. The van der Waals surface area contributed by atoms with Gasteiger partial charge in [-0.1, -0.05) is 5.57 Å². The summed E-state index contributed by atoms with van der Waals surface area (Å²) in [6, 6.07) is 3.99. The predicted octanol–water partition coefficient (Wildman–Crippen LogP) is 1.59. The lowest BCUT2D eigenvalue weighted by Crippen LogP contribution is -2.23. The number of pyridine rings is 1. The third-order valence-corrected chi connectivity index (χ3v) is 2.42. The highest BCUT2D eigenvalue weighted by Gasteiger charge is 2.01. The molecule has 1 aromatic rings. The van der Waals surface area contributed by atoms with Gasteiger partial charge in [0.25, 0.3) is 0 Å². The maximum absolute atomic E-state index is 10.5. The van der Waals surface area contributed by atoms with Crippen molar-refractivity contribution in [3.8, 4) is 0 Å². The summed E-state index contributed by atoms with van der Waals surface area (Å²) in [7, 11) is 1.99. The fourth-order valence-electron chi connectivity index (χ4n) is 1.63. The van der Waals surface area contributed by atoms with E-state index in [1.807, 2.05) is 26.1 Å². The molecule has 0 aliphatic rings. The quantitative estimate of drug-likeness (QED) is 0.759. The number of hydrogen-bond acceptors (Lipinski definition) is 3. The molecule has 1 aromatic heterocycles. The first-order valence-corrected chi connectivity index (χ1v) is 5.55. The molecule has 4 heteroatoms. The molecule has 0 saturated carbocycles. The number of nitrogens with zero attached hydrogens (tertiary/aromatic N) is 2. The van der Waals surface area contributed by atoms with Crippen LogP contribution in [0.2, 0.25) is 0 Å². The van der Waals surface area contributed by atoms with Crippen molar-refractivity contribution in [3.05, 3.63) is 41.7 Å². The molecule has 0 spiro atoms. The van der Waals surface area contributed by atoms with E-state index in [4.69, 9.17) is 5.11 Å². The van der Waals surface area contributed by atoms with Crippen LogP contribution in [0.25, 0.3) is 0 Å². The van der Waals surface area contributed by atoms with Gasteiger partial charge in [-0.3, -0.25) is 4.98 Å². The lowest BCUT2D eigenvalue weighted by atomic mass is 10.2. The van der Waals surface area contributed by atoms with E-state index in [-0.39, 0.29) is 0 Å². The number of hydrogen-bond donors (Lipinski definition) is 1. The second-order valence-electron chi connectivity index (χ2n) is 4.17. The number of carboxylic acid groups (broad SMARTS) is 1. The number of carboxylic acids is 1. The van der Waals surface area contributed by atoms with Crippen LogP contribution in [0.4, 0.5) is 0 Å². The normalized spacial score (nSPS) is 11.8. The Balaban J connectivity index is 2.35. The SMILES string of the molecule is CC(=CC(=O)O)CN(C)CCc1ccncc1. The summed E-state index contributed by atoms with van der Waals surface area (Å²) in [5.41, 5.74) is 2.10. The van der Waals surface area contributed by atoms with E-state index in [1.54, 1.807) is 12.4 Å². The van der Waals surface area contributed by atoms with Crippen LogP contribution >= 0.6 is 0 Å². The molecule has 1 heterocycles. The van der Waals surface area contributed by atoms with Crippen LogP contribution in [0.1, 0.15) is 12.5 Å². The molecule has 1 rings (SSSR count). The maximum atomic E-state index is 10.5. The molecule has 0 fully saturated rings. The average Bonchev–Trinajstić information content (AvgIpc) is 2.26. The highest BCUT2D eigenvalue weighted by Crippen LogP contribution is 2.01. The van der Waals surface area contributed by atoms with Crippen molar-refractivity contribution in [3.63, 3.8) is 0 Å². The van der Waals surface area contributed by atoms with Gasteiger partial charge in [0.2, 0.25) is 0 Å².